The number of carbonyl (C=O) groups is 2. The molecule has 0 unspecified atom stereocenters. The molecular weight excluding hydrogens is 252 g/mol. The number of benzene rings is 1. The van der Waals surface area contributed by atoms with Gasteiger partial charge in [0.1, 0.15) is 0 Å². The zero-order valence-electron chi connectivity index (χ0n) is 11.9. The van der Waals surface area contributed by atoms with Crippen LogP contribution in [0.5, 0.6) is 0 Å². The predicted molar refractivity (Wildman–Crippen MR) is 77.9 cm³/mol. The molecule has 1 aliphatic carbocycles. The number of nitrogens with one attached hydrogen (secondary N) is 2. The van der Waals surface area contributed by atoms with Crippen LogP contribution in [0.25, 0.3) is 0 Å². The summed E-state index contributed by atoms with van der Waals surface area (Å²) in [4.78, 5) is 23.6. The van der Waals surface area contributed by atoms with Crippen LogP contribution in [-0.4, -0.2) is 17.9 Å². The first-order valence-corrected chi connectivity index (χ1v) is 7.29. The van der Waals surface area contributed by atoms with Crippen molar-refractivity contribution in [2.45, 2.75) is 45.2 Å². The fourth-order valence-electron chi connectivity index (χ4n) is 2.62. The van der Waals surface area contributed by atoms with Crippen molar-refractivity contribution in [2.75, 3.05) is 0 Å². The molecule has 2 amide bonds. The van der Waals surface area contributed by atoms with Crippen molar-refractivity contribution in [1.29, 1.82) is 0 Å². The Bertz CT molecular complexity index is 459. The van der Waals surface area contributed by atoms with Crippen LogP contribution in [0.15, 0.2) is 30.3 Å². The lowest BCUT2D eigenvalue weighted by Crippen LogP contribution is -2.47. The van der Waals surface area contributed by atoms with Crippen LogP contribution in [-0.2, 0) is 16.1 Å². The Balaban J connectivity index is 1.78. The first-order valence-electron chi connectivity index (χ1n) is 7.29. The van der Waals surface area contributed by atoms with Gasteiger partial charge in [0.25, 0.3) is 0 Å². The molecule has 1 aromatic rings. The quantitative estimate of drug-likeness (QED) is 0.828. The molecule has 4 nitrogen and oxygen atoms in total. The maximum Gasteiger partial charge on any atom is 0.309 e. The normalized spacial score (nSPS) is 22.1. The minimum atomic E-state index is -0.549. The molecule has 1 aromatic carbocycles. The Morgan fingerprint density at radius 3 is 2.50 bits per heavy atom. The van der Waals surface area contributed by atoms with Gasteiger partial charge in [0.05, 0.1) is 0 Å². The van der Waals surface area contributed by atoms with Crippen molar-refractivity contribution in [3.63, 3.8) is 0 Å². The van der Waals surface area contributed by atoms with Gasteiger partial charge in [0.15, 0.2) is 0 Å². The molecule has 0 spiro atoms. The number of amides is 2. The van der Waals surface area contributed by atoms with Crippen molar-refractivity contribution in [3.05, 3.63) is 35.9 Å². The second-order valence-electron chi connectivity index (χ2n) is 5.51. The summed E-state index contributed by atoms with van der Waals surface area (Å²) in [5, 5.41) is 5.51. The third-order valence-electron chi connectivity index (χ3n) is 3.93. The van der Waals surface area contributed by atoms with Crippen LogP contribution in [0, 0.1) is 5.92 Å². The van der Waals surface area contributed by atoms with E-state index in [0.717, 1.165) is 24.8 Å². The average molecular weight is 274 g/mol. The van der Waals surface area contributed by atoms with Crippen molar-refractivity contribution in [1.82, 2.24) is 10.6 Å². The maximum atomic E-state index is 11.9. The highest BCUT2D eigenvalue weighted by Crippen LogP contribution is 2.23. The molecule has 1 aliphatic rings. The van der Waals surface area contributed by atoms with E-state index in [1.165, 1.54) is 6.42 Å². The van der Waals surface area contributed by atoms with Gasteiger partial charge in [-0.25, -0.2) is 0 Å². The summed E-state index contributed by atoms with van der Waals surface area (Å²) < 4.78 is 0. The molecule has 2 rings (SSSR count). The van der Waals surface area contributed by atoms with E-state index >= 15 is 0 Å². The summed E-state index contributed by atoms with van der Waals surface area (Å²) in [5.74, 6) is -0.610. The van der Waals surface area contributed by atoms with E-state index in [-0.39, 0.29) is 6.04 Å². The Hall–Kier alpha value is -1.84. The summed E-state index contributed by atoms with van der Waals surface area (Å²) in [7, 11) is 0. The summed E-state index contributed by atoms with van der Waals surface area (Å²) in [6.07, 6.45) is 4.43. The van der Waals surface area contributed by atoms with Gasteiger partial charge >= 0.3 is 11.8 Å². The topological polar surface area (TPSA) is 58.2 Å². The Morgan fingerprint density at radius 2 is 1.80 bits per heavy atom. The van der Waals surface area contributed by atoms with Crippen molar-refractivity contribution in [2.24, 2.45) is 5.92 Å². The summed E-state index contributed by atoms with van der Waals surface area (Å²) in [5.41, 5.74) is 0.986. The zero-order chi connectivity index (χ0) is 14.4. The number of carbonyl (C=O) groups excluding carboxylic acids is 2. The van der Waals surface area contributed by atoms with Gasteiger partial charge in [-0.1, -0.05) is 50.1 Å². The average Bonchev–Trinajstić information content (AvgIpc) is 2.48. The first-order chi connectivity index (χ1) is 9.66. The third-order valence-corrected chi connectivity index (χ3v) is 3.93. The van der Waals surface area contributed by atoms with Crippen LogP contribution in [0.3, 0.4) is 0 Å². The molecule has 0 heterocycles. The van der Waals surface area contributed by atoms with E-state index in [2.05, 4.69) is 17.6 Å². The SMILES string of the molecule is C[C@@H]1CCCC[C@H]1NC(=O)C(=O)NCc1ccccc1. The van der Waals surface area contributed by atoms with E-state index in [1.54, 1.807) is 0 Å². The highest BCUT2D eigenvalue weighted by Gasteiger charge is 2.25. The predicted octanol–water partition coefficient (Wildman–Crippen LogP) is 2.00. The minimum absolute atomic E-state index is 0.138. The van der Waals surface area contributed by atoms with Gasteiger partial charge < -0.3 is 10.6 Å². The number of rotatable bonds is 3. The van der Waals surface area contributed by atoms with Gasteiger partial charge in [0, 0.05) is 12.6 Å². The van der Waals surface area contributed by atoms with Crippen LogP contribution in [0.4, 0.5) is 0 Å². The monoisotopic (exact) mass is 274 g/mol. The molecular formula is C16H22N2O2. The van der Waals surface area contributed by atoms with E-state index in [4.69, 9.17) is 0 Å². The van der Waals surface area contributed by atoms with Crippen LogP contribution in [0.1, 0.15) is 38.2 Å². The van der Waals surface area contributed by atoms with Gasteiger partial charge in [0.2, 0.25) is 0 Å². The van der Waals surface area contributed by atoms with Gasteiger partial charge in [-0.2, -0.15) is 0 Å². The van der Waals surface area contributed by atoms with E-state index in [1.807, 2.05) is 30.3 Å². The molecule has 0 saturated heterocycles. The summed E-state index contributed by atoms with van der Waals surface area (Å²) in [6, 6.07) is 9.71. The summed E-state index contributed by atoms with van der Waals surface area (Å²) >= 11 is 0. The lowest BCUT2D eigenvalue weighted by atomic mass is 9.86. The molecule has 1 saturated carbocycles. The van der Waals surface area contributed by atoms with Crippen molar-refractivity contribution >= 4 is 11.8 Å². The first kappa shape index (κ1) is 14.6. The van der Waals surface area contributed by atoms with E-state index in [9.17, 15) is 9.59 Å². The van der Waals surface area contributed by atoms with E-state index < -0.39 is 11.8 Å². The molecule has 0 bridgehead atoms. The minimum Gasteiger partial charge on any atom is -0.345 e. The fraction of sp³-hybridized carbons (Fsp3) is 0.500. The van der Waals surface area contributed by atoms with E-state index in [0.29, 0.717) is 12.5 Å². The standard InChI is InChI=1S/C16H22N2O2/c1-12-7-5-6-10-14(12)18-16(20)15(19)17-11-13-8-3-2-4-9-13/h2-4,8-9,12,14H,5-7,10-11H2,1H3,(H,17,19)(H,18,20)/t12-,14-/m1/s1. The molecule has 2 N–H and O–H groups in total. The molecule has 20 heavy (non-hydrogen) atoms. The molecule has 1 fully saturated rings. The van der Waals surface area contributed by atoms with Crippen LogP contribution in [0.2, 0.25) is 0 Å². The van der Waals surface area contributed by atoms with Crippen molar-refractivity contribution in [3.8, 4) is 0 Å². The second-order valence-corrected chi connectivity index (χ2v) is 5.51. The Kier molecular flexibility index (Phi) is 5.16. The largest absolute Gasteiger partial charge is 0.345 e. The molecule has 4 heteroatoms. The number of hydrogen-bond donors (Lipinski definition) is 2. The smallest absolute Gasteiger partial charge is 0.309 e. The zero-order valence-corrected chi connectivity index (χ0v) is 11.9. The molecule has 108 valence electrons. The van der Waals surface area contributed by atoms with Gasteiger partial charge in [-0.15, -0.1) is 0 Å². The number of hydrogen-bond acceptors (Lipinski definition) is 2. The summed E-state index contributed by atoms with van der Waals surface area (Å²) in [6.45, 7) is 2.51. The Labute approximate surface area is 119 Å². The molecule has 0 aliphatic heterocycles. The lowest BCUT2D eigenvalue weighted by Gasteiger charge is -2.29. The van der Waals surface area contributed by atoms with Gasteiger partial charge in [-0.3, -0.25) is 9.59 Å². The highest BCUT2D eigenvalue weighted by atomic mass is 16.2. The second kappa shape index (κ2) is 7.08. The van der Waals surface area contributed by atoms with Crippen LogP contribution >= 0.6 is 0 Å². The fourth-order valence-corrected chi connectivity index (χ4v) is 2.62. The highest BCUT2D eigenvalue weighted by molar-refractivity contribution is 6.35. The molecule has 0 radical (unpaired) electrons. The van der Waals surface area contributed by atoms with Gasteiger partial charge in [-0.05, 0) is 24.3 Å². The molecule has 2 atom stereocenters. The lowest BCUT2D eigenvalue weighted by molar-refractivity contribution is -0.140. The maximum absolute atomic E-state index is 11.9. The Morgan fingerprint density at radius 1 is 1.10 bits per heavy atom. The third kappa shape index (κ3) is 4.08. The molecule has 0 aromatic heterocycles. The van der Waals surface area contributed by atoms with Crippen LogP contribution < -0.4 is 10.6 Å². The van der Waals surface area contributed by atoms with Crippen molar-refractivity contribution < 1.29 is 9.59 Å².